The van der Waals surface area contributed by atoms with E-state index in [9.17, 15) is 43.5 Å². The molecule has 1 heterocycles. The van der Waals surface area contributed by atoms with Gasteiger partial charge in [-0.3, -0.25) is 38.5 Å². The maximum absolute atomic E-state index is 12.8. The van der Waals surface area contributed by atoms with Crippen LogP contribution in [0.1, 0.15) is 84.0 Å². The molecule has 0 radical (unpaired) electrons. The van der Waals surface area contributed by atoms with Gasteiger partial charge >= 0.3 is 11.9 Å². The quantitative estimate of drug-likeness (QED) is 0.0365. The van der Waals surface area contributed by atoms with Crippen molar-refractivity contribution < 1.29 is 62.8 Å². The average molecular weight is 785 g/mol. The number of hydrogen-bond donors (Lipinski definition) is 7. The maximum atomic E-state index is 12.8. The molecule has 0 aromatic heterocycles. The number of imide groups is 1. The van der Waals surface area contributed by atoms with Crippen molar-refractivity contribution in [1.29, 1.82) is 0 Å². The summed E-state index contributed by atoms with van der Waals surface area (Å²) in [7, 11) is 0. The van der Waals surface area contributed by atoms with Crippen LogP contribution in [0.3, 0.4) is 0 Å². The summed E-state index contributed by atoms with van der Waals surface area (Å²) >= 11 is 0. The molecule has 0 aromatic rings. The fourth-order valence-electron chi connectivity index (χ4n) is 6.12. The van der Waals surface area contributed by atoms with Crippen LogP contribution in [0.25, 0.3) is 0 Å². The van der Waals surface area contributed by atoms with Crippen LogP contribution in [-0.4, -0.2) is 140 Å². The maximum Gasteiger partial charge on any atom is 0.326 e. The highest BCUT2D eigenvalue weighted by atomic mass is 16.5. The first-order valence-electron chi connectivity index (χ1n) is 19.2. The predicted octanol–water partition coefficient (Wildman–Crippen LogP) is -0.702. The topological polar surface area (TPSA) is 282 Å². The lowest BCUT2D eigenvalue weighted by Crippen LogP contribution is -2.48. The first-order chi connectivity index (χ1) is 26.3. The van der Waals surface area contributed by atoms with E-state index < -0.39 is 35.8 Å². The standard InChI is InChI=1S/C36H60N6O13/c1-24-22-31(45)42(35(24)50)15-12-29(43)38-13-2-16-53-18-20-55-21-19-54-17-3-14-39-34(49)27(9-11-32(46)47)40-30(44)10-8-28(36(51)52)41-33(48)26-6-4-25(23-37)5-7-26/h24-28H,2-23,37H2,1H3,(H,38,43)(H,39,49)(H,40,44)(H,41,48)(H,46,47)(H,51,52). The smallest absolute Gasteiger partial charge is 0.326 e. The van der Waals surface area contributed by atoms with Crippen molar-refractivity contribution in [3.8, 4) is 0 Å². The molecule has 19 heteroatoms. The van der Waals surface area contributed by atoms with Crippen molar-refractivity contribution >= 4 is 47.4 Å². The monoisotopic (exact) mass is 784 g/mol. The summed E-state index contributed by atoms with van der Waals surface area (Å²) in [4.78, 5) is 97.8. The number of carbonyl (C=O) groups is 8. The van der Waals surface area contributed by atoms with E-state index in [1.165, 1.54) is 0 Å². The van der Waals surface area contributed by atoms with Gasteiger partial charge in [-0.25, -0.2) is 4.79 Å². The Bertz CT molecular complexity index is 1280. The summed E-state index contributed by atoms with van der Waals surface area (Å²) in [5.41, 5.74) is 5.70. The van der Waals surface area contributed by atoms with Gasteiger partial charge in [0, 0.05) is 70.4 Å². The van der Waals surface area contributed by atoms with Gasteiger partial charge in [0.15, 0.2) is 0 Å². The van der Waals surface area contributed by atoms with Gasteiger partial charge in [-0.15, -0.1) is 0 Å². The second-order valence-electron chi connectivity index (χ2n) is 13.9. The molecule has 3 unspecified atom stereocenters. The van der Waals surface area contributed by atoms with Gasteiger partial charge in [-0.1, -0.05) is 6.92 Å². The van der Waals surface area contributed by atoms with E-state index in [1.54, 1.807) is 6.92 Å². The Balaban J connectivity index is 1.52. The third-order valence-corrected chi connectivity index (χ3v) is 9.45. The van der Waals surface area contributed by atoms with E-state index in [4.69, 9.17) is 25.1 Å². The molecule has 1 saturated carbocycles. The zero-order valence-corrected chi connectivity index (χ0v) is 31.9. The van der Waals surface area contributed by atoms with Gasteiger partial charge in [0.05, 0.1) is 26.4 Å². The van der Waals surface area contributed by atoms with Crippen molar-refractivity contribution in [2.24, 2.45) is 23.5 Å². The van der Waals surface area contributed by atoms with Crippen LogP contribution in [0.4, 0.5) is 0 Å². The SMILES string of the molecule is CC1CC(=O)N(CCC(=O)NCCCOCCOCCOCCCNC(=O)C(CCC(=O)O)NC(=O)CCC(NC(=O)C2CCC(CN)CC2)C(=O)O)C1=O. The molecule has 6 amide bonds. The van der Waals surface area contributed by atoms with Crippen LogP contribution in [0.15, 0.2) is 0 Å². The second-order valence-corrected chi connectivity index (χ2v) is 13.9. The lowest BCUT2D eigenvalue weighted by Gasteiger charge is -2.27. The van der Waals surface area contributed by atoms with Crippen molar-refractivity contribution in [3.05, 3.63) is 0 Å². The molecule has 1 aliphatic carbocycles. The number of likely N-dealkylation sites (tertiary alicyclic amines) is 1. The molecule has 8 N–H and O–H groups in total. The molecule has 0 bridgehead atoms. The summed E-state index contributed by atoms with van der Waals surface area (Å²) in [6, 6.07) is -2.44. The Morgan fingerprint density at radius 3 is 1.89 bits per heavy atom. The molecule has 3 atom stereocenters. The van der Waals surface area contributed by atoms with Gasteiger partial charge < -0.3 is 51.4 Å². The number of amides is 6. The van der Waals surface area contributed by atoms with Gasteiger partial charge in [0.25, 0.3) is 0 Å². The van der Waals surface area contributed by atoms with Gasteiger partial charge in [0.2, 0.25) is 35.4 Å². The van der Waals surface area contributed by atoms with E-state index in [2.05, 4.69) is 21.3 Å². The van der Waals surface area contributed by atoms with E-state index in [1.807, 2.05) is 0 Å². The third-order valence-electron chi connectivity index (χ3n) is 9.45. The molecule has 0 spiro atoms. The molecular formula is C36H60N6O13. The van der Waals surface area contributed by atoms with Gasteiger partial charge in [-0.05, 0) is 63.8 Å². The van der Waals surface area contributed by atoms with Crippen LogP contribution in [0.2, 0.25) is 0 Å². The number of carboxylic acids is 2. The lowest BCUT2D eigenvalue weighted by molar-refractivity contribution is -0.143. The molecule has 312 valence electrons. The fourth-order valence-corrected chi connectivity index (χ4v) is 6.12. The third kappa shape index (κ3) is 19.3. The van der Waals surface area contributed by atoms with E-state index in [0.29, 0.717) is 84.3 Å². The summed E-state index contributed by atoms with van der Waals surface area (Å²) in [5, 5.41) is 29.1. The molecule has 0 aromatic carbocycles. The number of ether oxygens (including phenoxy) is 3. The number of nitrogens with zero attached hydrogens (tertiary/aromatic N) is 1. The molecule has 2 fully saturated rings. The molecular weight excluding hydrogens is 724 g/mol. The van der Waals surface area contributed by atoms with Gasteiger partial charge in [0.1, 0.15) is 12.1 Å². The first kappa shape index (κ1) is 47.0. The van der Waals surface area contributed by atoms with Crippen molar-refractivity contribution in [2.45, 2.75) is 96.1 Å². The number of nitrogens with one attached hydrogen (secondary N) is 4. The number of hydrogen-bond acceptors (Lipinski definition) is 12. The minimum absolute atomic E-state index is 0.0614. The summed E-state index contributed by atoms with van der Waals surface area (Å²) in [6.45, 7) is 4.96. The normalized spacial score (nSPS) is 19.4. The average Bonchev–Trinajstić information content (AvgIpc) is 3.40. The van der Waals surface area contributed by atoms with E-state index in [0.717, 1.165) is 17.7 Å². The number of carboxylic acid groups (broad SMARTS) is 2. The van der Waals surface area contributed by atoms with Crippen molar-refractivity contribution in [3.63, 3.8) is 0 Å². The summed E-state index contributed by atoms with van der Waals surface area (Å²) < 4.78 is 16.4. The Labute approximate surface area is 321 Å². The second kappa shape index (κ2) is 26.6. The van der Waals surface area contributed by atoms with E-state index in [-0.39, 0.29) is 87.1 Å². The predicted molar refractivity (Wildman–Crippen MR) is 195 cm³/mol. The van der Waals surface area contributed by atoms with Crippen molar-refractivity contribution in [1.82, 2.24) is 26.2 Å². The zero-order chi connectivity index (χ0) is 40.6. The van der Waals surface area contributed by atoms with Crippen molar-refractivity contribution in [2.75, 3.05) is 65.8 Å². The molecule has 2 rings (SSSR count). The van der Waals surface area contributed by atoms with E-state index >= 15 is 0 Å². The Hall–Kier alpha value is -4.20. The Kier molecular flexibility index (Phi) is 22.7. The number of rotatable bonds is 29. The number of aliphatic carboxylic acids is 2. The van der Waals surface area contributed by atoms with Crippen LogP contribution in [-0.2, 0) is 52.6 Å². The molecule has 19 nitrogen and oxygen atoms in total. The Morgan fingerprint density at radius 1 is 0.764 bits per heavy atom. The van der Waals surface area contributed by atoms with Crippen LogP contribution < -0.4 is 27.0 Å². The molecule has 1 aliphatic heterocycles. The Morgan fingerprint density at radius 2 is 1.35 bits per heavy atom. The highest BCUT2D eigenvalue weighted by Gasteiger charge is 2.35. The minimum atomic E-state index is -1.29. The molecule has 55 heavy (non-hydrogen) atoms. The fraction of sp³-hybridized carbons (Fsp3) is 0.778. The molecule has 1 saturated heterocycles. The van der Waals surface area contributed by atoms with Crippen LogP contribution in [0, 0.1) is 17.8 Å². The summed E-state index contributed by atoms with van der Waals surface area (Å²) in [6.07, 6.45) is 3.04. The minimum Gasteiger partial charge on any atom is -0.481 e. The largest absolute Gasteiger partial charge is 0.481 e. The first-order valence-corrected chi connectivity index (χ1v) is 19.2. The lowest BCUT2D eigenvalue weighted by atomic mass is 9.81. The zero-order valence-electron chi connectivity index (χ0n) is 31.9. The number of nitrogens with two attached hydrogens (primary N) is 1. The molecule has 2 aliphatic rings. The van der Waals surface area contributed by atoms with Crippen LogP contribution in [0.5, 0.6) is 0 Å². The highest BCUT2D eigenvalue weighted by molar-refractivity contribution is 6.03. The van der Waals surface area contributed by atoms with Crippen LogP contribution >= 0.6 is 0 Å². The van der Waals surface area contributed by atoms with Gasteiger partial charge in [-0.2, -0.15) is 0 Å². The highest BCUT2D eigenvalue weighted by Crippen LogP contribution is 2.28. The number of carbonyl (C=O) groups excluding carboxylic acids is 6. The summed E-state index contributed by atoms with van der Waals surface area (Å²) in [5.74, 6) is -5.05.